The molecule has 4 rings (SSSR count). The van der Waals surface area contributed by atoms with E-state index in [2.05, 4.69) is 25.8 Å². The monoisotopic (exact) mass is 488 g/mol. The van der Waals surface area contributed by atoms with E-state index < -0.39 is 5.92 Å². The summed E-state index contributed by atoms with van der Waals surface area (Å²) in [6.07, 6.45) is 1.77. The average Bonchev–Trinajstić information content (AvgIpc) is 3.50. The van der Waals surface area contributed by atoms with Crippen LogP contribution in [-0.2, 0) is 14.4 Å². The molecule has 2 aromatic heterocycles. The molecule has 9 nitrogen and oxygen atoms in total. The van der Waals surface area contributed by atoms with Crippen molar-refractivity contribution in [1.82, 2.24) is 15.2 Å². The number of amides is 3. The molecule has 0 saturated carbocycles. The van der Waals surface area contributed by atoms with Crippen LogP contribution in [0.1, 0.15) is 17.5 Å². The Labute approximate surface area is 196 Å². The van der Waals surface area contributed by atoms with Gasteiger partial charge in [0.05, 0.1) is 11.7 Å². The maximum Gasteiger partial charge on any atom is 0.236 e. The number of hydrogen-bond acceptors (Lipinski definition) is 9. The van der Waals surface area contributed by atoms with Gasteiger partial charge in [0, 0.05) is 30.2 Å². The minimum Gasteiger partial charge on any atom is -0.312 e. The largest absolute Gasteiger partial charge is 0.312 e. The quantitative estimate of drug-likeness (QED) is 0.387. The second kappa shape index (κ2) is 9.76. The van der Waals surface area contributed by atoms with Crippen LogP contribution in [-0.4, -0.2) is 45.2 Å². The highest BCUT2D eigenvalue weighted by Gasteiger charge is 2.35. The molecule has 166 valence electrons. The Balaban J connectivity index is 1.29. The van der Waals surface area contributed by atoms with Gasteiger partial charge in [-0.3, -0.25) is 14.4 Å². The third kappa shape index (κ3) is 5.31. The number of anilines is 3. The maximum absolute atomic E-state index is 12.7. The molecule has 1 aliphatic rings. The zero-order valence-corrected chi connectivity index (χ0v) is 19.8. The Hall–Kier alpha value is -2.83. The molecule has 3 aromatic rings. The molecule has 3 heterocycles. The van der Waals surface area contributed by atoms with Crippen LogP contribution >= 0.6 is 34.4 Å². The number of thiazole rings is 1. The van der Waals surface area contributed by atoms with Gasteiger partial charge in [0.2, 0.25) is 22.9 Å². The van der Waals surface area contributed by atoms with Gasteiger partial charge in [-0.1, -0.05) is 29.2 Å². The summed E-state index contributed by atoms with van der Waals surface area (Å²) >= 11 is 3.76. The van der Waals surface area contributed by atoms with Crippen molar-refractivity contribution >= 4 is 68.1 Å². The molecule has 0 unspecified atom stereocenters. The molecule has 32 heavy (non-hydrogen) atoms. The van der Waals surface area contributed by atoms with Crippen molar-refractivity contribution in [2.75, 3.05) is 27.8 Å². The zero-order chi connectivity index (χ0) is 22.7. The molecule has 1 fully saturated rings. The normalized spacial score (nSPS) is 15.8. The van der Waals surface area contributed by atoms with E-state index in [0.29, 0.717) is 21.1 Å². The van der Waals surface area contributed by atoms with E-state index >= 15 is 0 Å². The molecule has 0 aliphatic carbocycles. The highest BCUT2D eigenvalue weighted by atomic mass is 32.2. The minimum atomic E-state index is -0.465. The van der Waals surface area contributed by atoms with Crippen LogP contribution < -0.4 is 15.5 Å². The number of aryl methyl sites for hydroxylation is 2. The van der Waals surface area contributed by atoms with Crippen LogP contribution in [0, 0.1) is 19.8 Å². The van der Waals surface area contributed by atoms with Gasteiger partial charge in [-0.15, -0.1) is 21.5 Å². The highest BCUT2D eigenvalue weighted by Crippen LogP contribution is 2.29. The van der Waals surface area contributed by atoms with Crippen molar-refractivity contribution < 1.29 is 14.4 Å². The number of carbonyl (C=O) groups excluding carboxylic acids is 3. The average molecular weight is 489 g/mol. The lowest BCUT2D eigenvalue weighted by Crippen LogP contribution is -2.28. The van der Waals surface area contributed by atoms with Crippen LogP contribution in [0.4, 0.5) is 16.0 Å². The standard InChI is InChI=1S/C20H20N6O3S3/c1-11-3-4-14(7-12(11)2)26-9-13(8-16(26)28)17(29)23-19-24-25-20(32-19)31-10-15(27)22-18-21-5-6-30-18/h3-7,13H,8-10H2,1-2H3,(H,21,22,27)(H,23,24,29)/t13-/m1/s1. The van der Waals surface area contributed by atoms with Crippen molar-refractivity contribution in [3.05, 3.63) is 40.9 Å². The summed E-state index contributed by atoms with van der Waals surface area (Å²) in [4.78, 5) is 42.8. The molecule has 0 bridgehead atoms. The fourth-order valence-corrected chi connectivity index (χ4v) is 5.22. The molecule has 1 atom stereocenters. The Kier molecular flexibility index (Phi) is 6.82. The van der Waals surface area contributed by atoms with Gasteiger partial charge in [-0.2, -0.15) is 0 Å². The molecule has 3 amide bonds. The number of nitrogens with zero attached hydrogens (tertiary/aromatic N) is 4. The van der Waals surface area contributed by atoms with E-state index in [4.69, 9.17) is 0 Å². The molecular formula is C20H20N6O3S3. The van der Waals surface area contributed by atoms with Crippen LogP contribution in [0.25, 0.3) is 0 Å². The van der Waals surface area contributed by atoms with E-state index in [1.54, 1.807) is 16.5 Å². The molecule has 1 aromatic carbocycles. The van der Waals surface area contributed by atoms with Gasteiger partial charge < -0.3 is 15.5 Å². The van der Waals surface area contributed by atoms with Crippen molar-refractivity contribution in [2.45, 2.75) is 24.6 Å². The fraction of sp³-hybridized carbons (Fsp3) is 0.300. The molecular weight excluding hydrogens is 468 g/mol. The van der Waals surface area contributed by atoms with Crippen molar-refractivity contribution in [1.29, 1.82) is 0 Å². The van der Waals surface area contributed by atoms with E-state index in [1.807, 2.05) is 32.0 Å². The maximum atomic E-state index is 12.7. The minimum absolute atomic E-state index is 0.0758. The first kappa shape index (κ1) is 22.4. The fourth-order valence-electron chi connectivity index (χ4n) is 3.12. The van der Waals surface area contributed by atoms with E-state index in [-0.39, 0.29) is 29.9 Å². The first-order valence-electron chi connectivity index (χ1n) is 9.73. The predicted molar refractivity (Wildman–Crippen MR) is 126 cm³/mol. The Bertz CT molecular complexity index is 1150. The van der Waals surface area contributed by atoms with Crippen LogP contribution in [0.5, 0.6) is 0 Å². The van der Waals surface area contributed by atoms with Gasteiger partial charge in [0.15, 0.2) is 9.47 Å². The molecule has 1 saturated heterocycles. The number of aromatic nitrogens is 3. The molecule has 2 N–H and O–H groups in total. The van der Waals surface area contributed by atoms with E-state index in [9.17, 15) is 14.4 Å². The number of carbonyl (C=O) groups is 3. The van der Waals surface area contributed by atoms with Gasteiger partial charge in [0.1, 0.15) is 0 Å². The lowest BCUT2D eigenvalue weighted by molar-refractivity contribution is -0.122. The SMILES string of the molecule is Cc1ccc(N2C[C@H](C(=O)Nc3nnc(SCC(=O)Nc4nccs4)s3)CC2=O)cc1C. The summed E-state index contributed by atoms with van der Waals surface area (Å²) in [6, 6.07) is 5.84. The summed E-state index contributed by atoms with van der Waals surface area (Å²) in [5.74, 6) is -0.841. The van der Waals surface area contributed by atoms with Crippen LogP contribution in [0.15, 0.2) is 34.1 Å². The lowest BCUT2D eigenvalue weighted by Gasteiger charge is -2.17. The number of benzene rings is 1. The lowest BCUT2D eigenvalue weighted by atomic mass is 10.1. The second-order valence-electron chi connectivity index (χ2n) is 7.21. The van der Waals surface area contributed by atoms with E-state index in [0.717, 1.165) is 16.8 Å². The third-order valence-corrected chi connectivity index (χ3v) is 7.60. The molecule has 0 radical (unpaired) electrons. The number of rotatable bonds is 7. The summed E-state index contributed by atoms with van der Waals surface area (Å²) in [5.41, 5.74) is 3.06. The van der Waals surface area contributed by atoms with Crippen LogP contribution in [0.2, 0.25) is 0 Å². The summed E-state index contributed by atoms with van der Waals surface area (Å²) in [7, 11) is 0. The molecule has 1 aliphatic heterocycles. The van der Waals surface area contributed by atoms with Gasteiger partial charge >= 0.3 is 0 Å². The summed E-state index contributed by atoms with van der Waals surface area (Å²) in [6.45, 7) is 4.34. The Morgan fingerprint density at radius 2 is 2.03 bits per heavy atom. The first-order valence-corrected chi connectivity index (χ1v) is 12.4. The van der Waals surface area contributed by atoms with Crippen LogP contribution in [0.3, 0.4) is 0 Å². The molecule has 0 spiro atoms. The number of nitrogens with one attached hydrogen (secondary N) is 2. The van der Waals surface area contributed by atoms with Crippen molar-refractivity contribution in [3.63, 3.8) is 0 Å². The topological polar surface area (TPSA) is 117 Å². The van der Waals surface area contributed by atoms with E-state index in [1.165, 1.54) is 34.4 Å². The van der Waals surface area contributed by atoms with Gasteiger partial charge in [-0.05, 0) is 37.1 Å². The Morgan fingerprint density at radius 3 is 2.78 bits per heavy atom. The highest BCUT2D eigenvalue weighted by molar-refractivity contribution is 8.01. The zero-order valence-electron chi connectivity index (χ0n) is 17.3. The number of hydrogen-bond donors (Lipinski definition) is 2. The van der Waals surface area contributed by atoms with Gasteiger partial charge in [-0.25, -0.2) is 4.98 Å². The first-order chi connectivity index (χ1) is 15.4. The van der Waals surface area contributed by atoms with Crippen molar-refractivity contribution in [2.24, 2.45) is 5.92 Å². The van der Waals surface area contributed by atoms with Gasteiger partial charge in [0.25, 0.3) is 0 Å². The summed E-state index contributed by atoms with van der Waals surface area (Å²) in [5, 5.41) is 16.1. The number of thioether (sulfide) groups is 1. The molecule has 12 heteroatoms. The third-order valence-electron chi connectivity index (χ3n) is 4.94. The second-order valence-corrected chi connectivity index (χ2v) is 10.3. The Morgan fingerprint density at radius 1 is 1.19 bits per heavy atom. The predicted octanol–water partition coefficient (Wildman–Crippen LogP) is 3.33. The summed E-state index contributed by atoms with van der Waals surface area (Å²) < 4.78 is 0.564. The smallest absolute Gasteiger partial charge is 0.236 e. The van der Waals surface area contributed by atoms with Crippen molar-refractivity contribution in [3.8, 4) is 0 Å².